The number of hydrogen-bond acceptors (Lipinski definition) is 7. The summed E-state index contributed by atoms with van der Waals surface area (Å²) in [7, 11) is 5.37. The van der Waals surface area contributed by atoms with E-state index in [1.807, 2.05) is 32.8 Å². The molecule has 0 spiro atoms. The Kier molecular flexibility index (Phi) is 9.53. The highest BCUT2D eigenvalue weighted by atomic mass is 19.1. The summed E-state index contributed by atoms with van der Waals surface area (Å²) in [5.74, 6) is -2.37. The van der Waals surface area contributed by atoms with Gasteiger partial charge in [0, 0.05) is 29.2 Å². The lowest BCUT2D eigenvalue weighted by atomic mass is 9.90. The van der Waals surface area contributed by atoms with Crippen molar-refractivity contribution < 1.29 is 23.8 Å². The minimum Gasteiger partial charge on any atom is -0.497 e. The molecule has 1 atom stereocenters. The van der Waals surface area contributed by atoms with E-state index in [1.54, 1.807) is 36.4 Å². The van der Waals surface area contributed by atoms with Gasteiger partial charge in [0.05, 0.1) is 30.9 Å². The summed E-state index contributed by atoms with van der Waals surface area (Å²) in [6.07, 6.45) is 0.182. The number of H-pyrrole nitrogens is 1. The van der Waals surface area contributed by atoms with Crippen LogP contribution in [0.2, 0.25) is 0 Å². The summed E-state index contributed by atoms with van der Waals surface area (Å²) in [6.45, 7) is 4.97. The van der Waals surface area contributed by atoms with Gasteiger partial charge in [0.1, 0.15) is 17.4 Å². The number of carbonyl (C=O) groups is 1. The molecule has 0 aliphatic rings. The summed E-state index contributed by atoms with van der Waals surface area (Å²) < 4.78 is 28.9. The highest BCUT2D eigenvalue weighted by Gasteiger charge is 2.28. The molecule has 0 fully saturated rings. The molecule has 232 valence electrons. The fourth-order valence-corrected chi connectivity index (χ4v) is 5.15. The van der Waals surface area contributed by atoms with Gasteiger partial charge in [-0.05, 0) is 44.3 Å². The van der Waals surface area contributed by atoms with Crippen molar-refractivity contribution in [1.82, 2.24) is 19.7 Å². The lowest BCUT2D eigenvalue weighted by Crippen LogP contribution is -2.33. The molecule has 0 amide bonds. The normalized spacial score (nSPS) is 12.2. The number of nitrogens with one attached hydrogen (secondary N) is 2. The maximum Gasteiger partial charge on any atom is 0.348 e. The number of carboxylic acids is 1. The zero-order valence-corrected chi connectivity index (χ0v) is 25.3. The van der Waals surface area contributed by atoms with Gasteiger partial charge in [-0.15, -0.1) is 5.10 Å². The summed E-state index contributed by atoms with van der Waals surface area (Å²) >= 11 is 0. The molecule has 44 heavy (non-hydrogen) atoms. The number of amidine groups is 1. The summed E-state index contributed by atoms with van der Waals surface area (Å²) in [5.41, 5.74) is 6.02. The van der Waals surface area contributed by atoms with Crippen molar-refractivity contribution in [3.8, 4) is 17.2 Å². The number of para-hydroxylation sites is 1. The first-order valence-electron chi connectivity index (χ1n) is 13.9. The Morgan fingerprint density at radius 3 is 2.48 bits per heavy atom. The Morgan fingerprint density at radius 2 is 1.86 bits per heavy atom. The van der Waals surface area contributed by atoms with Gasteiger partial charge in [0.2, 0.25) is 0 Å². The van der Waals surface area contributed by atoms with Crippen molar-refractivity contribution in [2.45, 2.75) is 26.2 Å². The van der Waals surface area contributed by atoms with Crippen LogP contribution < -0.4 is 20.9 Å². The average Bonchev–Trinajstić information content (AvgIpc) is 3.36. The monoisotopic (exact) mass is 604 g/mol. The van der Waals surface area contributed by atoms with Gasteiger partial charge in [-0.25, -0.2) is 14.0 Å². The maximum atomic E-state index is 16.4. The molecule has 0 bridgehead atoms. The molecular formula is C32H37FN6O5. The Balaban J connectivity index is 1.84. The van der Waals surface area contributed by atoms with E-state index in [-0.39, 0.29) is 52.7 Å². The lowest BCUT2D eigenvalue weighted by molar-refractivity contribution is 0.0696. The second kappa shape index (κ2) is 13.1. The van der Waals surface area contributed by atoms with E-state index in [2.05, 4.69) is 10.1 Å². The number of aromatic nitrogens is 3. The topological polar surface area (TPSA) is 160 Å². The Labute approximate surface area is 254 Å². The zero-order chi connectivity index (χ0) is 32.2. The molecule has 0 radical (unpaired) electrons. The molecule has 11 nitrogen and oxygen atoms in total. The molecule has 4 rings (SSSR count). The first-order valence-corrected chi connectivity index (χ1v) is 13.9. The molecule has 1 unspecified atom stereocenters. The Hall–Kier alpha value is -4.97. The van der Waals surface area contributed by atoms with Gasteiger partial charge in [0.15, 0.2) is 11.6 Å². The predicted molar refractivity (Wildman–Crippen MR) is 165 cm³/mol. The number of nitrogens with two attached hydrogens (primary N) is 1. The molecule has 5 N–H and O–H groups in total. The largest absolute Gasteiger partial charge is 0.497 e. The number of benzene rings is 3. The molecule has 0 saturated carbocycles. The quantitative estimate of drug-likeness (QED) is 0.131. The Bertz CT molecular complexity index is 1710. The molecule has 0 aliphatic carbocycles. The van der Waals surface area contributed by atoms with Crippen LogP contribution in [0.3, 0.4) is 0 Å². The van der Waals surface area contributed by atoms with E-state index in [9.17, 15) is 14.7 Å². The molecule has 0 aliphatic heterocycles. The number of hydrogen-bond donors (Lipinski definition) is 4. The highest BCUT2D eigenvalue weighted by molar-refractivity contribution is 5.94. The third-order valence-corrected chi connectivity index (χ3v) is 7.05. The van der Waals surface area contributed by atoms with Gasteiger partial charge in [-0.2, -0.15) is 4.68 Å². The van der Waals surface area contributed by atoms with Crippen LogP contribution in [0, 0.1) is 16.6 Å². The number of halogens is 1. The third-order valence-electron chi connectivity index (χ3n) is 7.05. The lowest BCUT2D eigenvalue weighted by Gasteiger charge is -2.28. The van der Waals surface area contributed by atoms with E-state index in [0.717, 1.165) is 10.2 Å². The van der Waals surface area contributed by atoms with E-state index in [1.165, 1.54) is 31.4 Å². The van der Waals surface area contributed by atoms with Gasteiger partial charge < -0.3 is 25.2 Å². The zero-order valence-electron chi connectivity index (χ0n) is 25.3. The van der Waals surface area contributed by atoms with Crippen molar-refractivity contribution in [1.29, 1.82) is 5.41 Å². The van der Waals surface area contributed by atoms with Crippen LogP contribution in [-0.2, 0) is 6.42 Å². The molecular weight excluding hydrogens is 567 g/mol. The maximum absolute atomic E-state index is 16.4. The van der Waals surface area contributed by atoms with Crippen molar-refractivity contribution >= 4 is 11.8 Å². The summed E-state index contributed by atoms with van der Waals surface area (Å²) in [4.78, 5) is 29.8. The first-order chi connectivity index (χ1) is 20.8. The van der Waals surface area contributed by atoms with E-state index in [0.29, 0.717) is 17.9 Å². The third kappa shape index (κ3) is 7.32. The van der Waals surface area contributed by atoms with Gasteiger partial charge >= 0.3 is 11.7 Å². The second-order valence-electron chi connectivity index (χ2n) is 11.6. The number of nitrogen functional groups attached to an aromatic ring is 1. The van der Waals surface area contributed by atoms with Crippen LogP contribution in [0.25, 0.3) is 5.69 Å². The highest BCUT2D eigenvalue weighted by Crippen LogP contribution is 2.36. The molecule has 1 aromatic heterocycles. The van der Waals surface area contributed by atoms with Gasteiger partial charge in [-0.1, -0.05) is 50.2 Å². The van der Waals surface area contributed by atoms with Crippen molar-refractivity contribution in [3.63, 3.8) is 0 Å². The van der Waals surface area contributed by atoms with E-state index in [4.69, 9.17) is 20.6 Å². The standard InChI is InChI=1S/C32H37FN6O5/c1-32(2,17-38(3)4)18-44-26-16-21(43-5)15-23(27(26)33)24(14-19-10-12-20(13-11-19)28(34)35)29-36-31(42)39(37-29)25-9-7-6-8-22(25)30(40)41/h6-13,15-16,24H,14,17-18H2,1-5H3,(H3,34,35)(H,40,41)(H,36,37,42). The second-order valence-corrected chi connectivity index (χ2v) is 11.6. The van der Waals surface area contributed by atoms with Gasteiger partial charge in [-0.3, -0.25) is 10.4 Å². The SMILES string of the molecule is COc1cc(OCC(C)(C)CN(C)C)c(F)c(C(Cc2ccc(C(=N)N)cc2)c2nn(-c3ccccc3C(=O)O)c(=O)[nH]2)c1. The van der Waals surface area contributed by atoms with Crippen LogP contribution in [-0.4, -0.2) is 70.9 Å². The molecule has 1 heterocycles. The Morgan fingerprint density at radius 1 is 1.18 bits per heavy atom. The summed E-state index contributed by atoms with van der Waals surface area (Å²) in [5, 5.41) is 21.8. The molecule has 12 heteroatoms. The number of nitrogens with zero attached hydrogens (tertiary/aromatic N) is 3. The fourth-order valence-electron chi connectivity index (χ4n) is 5.15. The van der Waals surface area contributed by atoms with Crippen LogP contribution in [0.4, 0.5) is 4.39 Å². The number of rotatable bonds is 13. The van der Waals surface area contributed by atoms with Crippen LogP contribution in [0.15, 0.2) is 65.5 Å². The predicted octanol–water partition coefficient (Wildman–Crippen LogP) is 4.03. The number of carboxylic acid groups (broad SMARTS) is 1. The minimum absolute atomic E-state index is 0.0129. The number of methoxy groups -OCH3 is 1. The van der Waals surface area contributed by atoms with E-state index >= 15 is 4.39 Å². The van der Waals surface area contributed by atoms with E-state index < -0.39 is 23.4 Å². The number of aromatic amines is 1. The molecule has 0 saturated heterocycles. The van der Waals surface area contributed by atoms with Crippen LogP contribution in [0.5, 0.6) is 11.5 Å². The number of aromatic carboxylic acids is 1. The summed E-state index contributed by atoms with van der Waals surface area (Å²) in [6, 6.07) is 15.9. The molecule has 4 aromatic rings. The minimum atomic E-state index is -1.23. The van der Waals surface area contributed by atoms with Crippen molar-refractivity contribution in [2.75, 3.05) is 34.4 Å². The fraction of sp³-hybridized carbons (Fsp3) is 0.312. The van der Waals surface area contributed by atoms with Crippen molar-refractivity contribution in [2.24, 2.45) is 11.1 Å². The smallest absolute Gasteiger partial charge is 0.348 e. The van der Waals surface area contributed by atoms with Crippen molar-refractivity contribution in [3.05, 3.63) is 105 Å². The molecule has 3 aromatic carbocycles. The number of ether oxygens (including phenoxy) is 2. The van der Waals surface area contributed by atoms with Gasteiger partial charge in [0.25, 0.3) is 0 Å². The van der Waals surface area contributed by atoms with Crippen LogP contribution >= 0.6 is 0 Å². The van der Waals surface area contributed by atoms with Crippen LogP contribution in [0.1, 0.15) is 52.6 Å². The average molecular weight is 605 g/mol. The first kappa shape index (κ1) is 32.0.